The molecule has 5 heteroatoms. The van der Waals surface area contributed by atoms with E-state index in [0.717, 1.165) is 51.6 Å². The van der Waals surface area contributed by atoms with Crippen molar-refractivity contribution >= 4 is 0 Å². The molecule has 0 saturated carbocycles. The summed E-state index contributed by atoms with van der Waals surface area (Å²) in [5, 5.41) is 0. The lowest BCUT2D eigenvalue weighted by molar-refractivity contribution is -0.0566. The molecular formula is C16H26N2O3. The van der Waals surface area contributed by atoms with Crippen LogP contribution in [0.4, 0.5) is 0 Å². The van der Waals surface area contributed by atoms with Crippen LogP contribution in [0.2, 0.25) is 0 Å². The molecule has 2 saturated heterocycles. The van der Waals surface area contributed by atoms with Gasteiger partial charge in [-0.05, 0) is 38.6 Å². The molecule has 3 rings (SSSR count). The van der Waals surface area contributed by atoms with Gasteiger partial charge in [0.1, 0.15) is 11.4 Å². The van der Waals surface area contributed by atoms with E-state index in [1.807, 2.05) is 12.1 Å². The highest BCUT2D eigenvalue weighted by Gasteiger charge is 2.43. The van der Waals surface area contributed by atoms with Gasteiger partial charge in [-0.2, -0.15) is 0 Å². The van der Waals surface area contributed by atoms with Crippen LogP contribution in [0.15, 0.2) is 22.8 Å². The minimum Gasteiger partial charge on any atom is -0.468 e. The molecule has 0 aliphatic carbocycles. The SMILES string of the molecule is CN(C)CC1COC2(COCCN(Cc3ccco3)C2)C1. The third-order valence-corrected chi connectivity index (χ3v) is 4.30. The van der Waals surface area contributed by atoms with Gasteiger partial charge in [-0.15, -0.1) is 0 Å². The van der Waals surface area contributed by atoms with Crippen molar-refractivity contribution in [1.82, 2.24) is 9.80 Å². The fraction of sp³-hybridized carbons (Fsp3) is 0.750. The summed E-state index contributed by atoms with van der Waals surface area (Å²) >= 11 is 0. The number of ether oxygens (including phenoxy) is 2. The van der Waals surface area contributed by atoms with E-state index >= 15 is 0 Å². The molecule has 2 aliphatic rings. The average molecular weight is 294 g/mol. The fourth-order valence-corrected chi connectivity index (χ4v) is 3.52. The zero-order chi connectivity index (χ0) is 14.7. The third-order valence-electron chi connectivity index (χ3n) is 4.30. The second-order valence-corrected chi connectivity index (χ2v) is 6.67. The van der Waals surface area contributed by atoms with E-state index in [2.05, 4.69) is 23.9 Å². The van der Waals surface area contributed by atoms with Crippen LogP contribution in [-0.2, 0) is 16.0 Å². The summed E-state index contributed by atoms with van der Waals surface area (Å²) in [5.41, 5.74) is -0.135. The zero-order valence-electron chi connectivity index (χ0n) is 13.1. The van der Waals surface area contributed by atoms with E-state index in [-0.39, 0.29) is 5.60 Å². The topological polar surface area (TPSA) is 38.1 Å². The van der Waals surface area contributed by atoms with Crippen LogP contribution in [0, 0.1) is 5.92 Å². The van der Waals surface area contributed by atoms with Crippen LogP contribution >= 0.6 is 0 Å². The second kappa shape index (κ2) is 6.48. The fourth-order valence-electron chi connectivity index (χ4n) is 3.52. The minimum absolute atomic E-state index is 0.135. The number of hydrogen-bond donors (Lipinski definition) is 0. The quantitative estimate of drug-likeness (QED) is 0.840. The summed E-state index contributed by atoms with van der Waals surface area (Å²) in [6, 6.07) is 3.97. The Kier molecular flexibility index (Phi) is 4.64. The Morgan fingerprint density at radius 3 is 3.10 bits per heavy atom. The summed E-state index contributed by atoms with van der Waals surface area (Å²) in [7, 11) is 4.25. The summed E-state index contributed by atoms with van der Waals surface area (Å²) < 4.78 is 17.5. The lowest BCUT2D eigenvalue weighted by Crippen LogP contribution is -2.44. The van der Waals surface area contributed by atoms with Gasteiger partial charge in [-0.25, -0.2) is 0 Å². The van der Waals surface area contributed by atoms with Crippen molar-refractivity contribution < 1.29 is 13.9 Å². The Morgan fingerprint density at radius 2 is 2.33 bits per heavy atom. The third kappa shape index (κ3) is 3.86. The van der Waals surface area contributed by atoms with Crippen molar-refractivity contribution in [3.05, 3.63) is 24.2 Å². The molecule has 2 aliphatic heterocycles. The van der Waals surface area contributed by atoms with Gasteiger partial charge in [-0.3, -0.25) is 4.90 Å². The lowest BCUT2D eigenvalue weighted by Gasteiger charge is -2.30. The molecule has 2 unspecified atom stereocenters. The molecule has 0 bridgehead atoms. The number of furan rings is 1. The lowest BCUT2D eigenvalue weighted by atomic mass is 9.94. The van der Waals surface area contributed by atoms with Crippen molar-refractivity contribution in [2.45, 2.75) is 18.6 Å². The summed E-state index contributed by atoms with van der Waals surface area (Å²) in [6.07, 6.45) is 2.82. The summed E-state index contributed by atoms with van der Waals surface area (Å²) in [5.74, 6) is 1.61. The van der Waals surface area contributed by atoms with Gasteiger partial charge < -0.3 is 18.8 Å². The Balaban J connectivity index is 1.62. The van der Waals surface area contributed by atoms with E-state index in [9.17, 15) is 0 Å². The van der Waals surface area contributed by atoms with Gasteiger partial charge >= 0.3 is 0 Å². The predicted octanol–water partition coefficient (Wildman–Crippen LogP) is 1.45. The largest absolute Gasteiger partial charge is 0.468 e. The normalized spacial score (nSPS) is 31.1. The molecular weight excluding hydrogens is 268 g/mol. The Hall–Kier alpha value is -0.880. The number of hydrogen-bond acceptors (Lipinski definition) is 5. The van der Waals surface area contributed by atoms with Crippen molar-refractivity contribution in [2.75, 3.05) is 53.6 Å². The molecule has 0 aromatic carbocycles. The summed E-state index contributed by atoms with van der Waals surface area (Å²) in [6.45, 7) is 6.10. The zero-order valence-corrected chi connectivity index (χ0v) is 13.1. The highest BCUT2D eigenvalue weighted by atomic mass is 16.5. The molecule has 2 fully saturated rings. The molecule has 0 N–H and O–H groups in total. The molecule has 1 aromatic rings. The molecule has 1 aromatic heterocycles. The monoisotopic (exact) mass is 294 g/mol. The van der Waals surface area contributed by atoms with Gasteiger partial charge in [0, 0.05) is 19.6 Å². The highest BCUT2D eigenvalue weighted by molar-refractivity contribution is 5.00. The van der Waals surface area contributed by atoms with Crippen molar-refractivity contribution in [2.24, 2.45) is 5.92 Å². The molecule has 5 nitrogen and oxygen atoms in total. The van der Waals surface area contributed by atoms with Gasteiger partial charge in [0.25, 0.3) is 0 Å². The highest BCUT2D eigenvalue weighted by Crippen LogP contribution is 2.33. The Bertz CT molecular complexity index is 435. The smallest absolute Gasteiger partial charge is 0.117 e. The first-order chi connectivity index (χ1) is 10.2. The molecule has 0 amide bonds. The first-order valence-electron chi connectivity index (χ1n) is 7.76. The maximum absolute atomic E-state index is 6.20. The average Bonchev–Trinajstić information content (AvgIpc) is 3.00. The van der Waals surface area contributed by atoms with Crippen LogP contribution in [0.25, 0.3) is 0 Å². The van der Waals surface area contributed by atoms with Crippen molar-refractivity contribution in [3.8, 4) is 0 Å². The molecule has 21 heavy (non-hydrogen) atoms. The standard InChI is InChI=1S/C16H26N2O3/c1-17(2)9-14-8-16(21-11-14)12-18(5-7-19-13-16)10-15-4-3-6-20-15/h3-4,6,14H,5,7-13H2,1-2H3. The minimum atomic E-state index is -0.135. The van der Waals surface area contributed by atoms with Crippen LogP contribution in [0.3, 0.4) is 0 Å². The first-order valence-corrected chi connectivity index (χ1v) is 7.76. The van der Waals surface area contributed by atoms with E-state index < -0.39 is 0 Å². The van der Waals surface area contributed by atoms with Gasteiger partial charge in [0.15, 0.2) is 0 Å². The molecule has 118 valence electrons. The molecule has 3 heterocycles. The van der Waals surface area contributed by atoms with Gasteiger partial charge in [0.05, 0.1) is 32.6 Å². The number of nitrogens with zero attached hydrogens (tertiary/aromatic N) is 2. The van der Waals surface area contributed by atoms with Gasteiger partial charge in [-0.1, -0.05) is 0 Å². The second-order valence-electron chi connectivity index (χ2n) is 6.67. The maximum Gasteiger partial charge on any atom is 0.117 e. The van der Waals surface area contributed by atoms with Crippen molar-refractivity contribution in [3.63, 3.8) is 0 Å². The van der Waals surface area contributed by atoms with E-state index in [4.69, 9.17) is 13.9 Å². The van der Waals surface area contributed by atoms with Crippen LogP contribution < -0.4 is 0 Å². The van der Waals surface area contributed by atoms with Gasteiger partial charge in [0.2, 0.25) is 0 Å². The van der Waals surface area contributed by atoms with E-state index in [1.165, 1.54) is 0 Å². The first kappa shape index (κ1) is 15.0. The summed E-state index contributed by atoms with van der Waals surface area (Å²) in [4.78, 5) is 4.63. The van der Waals surface area contributed by atoms with E-state index in [0.29, 0.717) is 12.5 Å². The number of rotatable bonds is 4. The molecule has 2 atom stereocenters. The van der Waals surface area contributed by atoms with Crippen LogP contribution in [0.5, 0.6) is 0 Å². The Morgan fingerprint density at radius 1 is 1.43 bits per heavy atom. The van der Waals surface area contributed by atoms with Crippen molar-refractivity contribution in [1.29, 1.82) is 0 Å². The Labute approximate surface area is 126 Å². The van der Waals surface area contributed by atoms with Crippen LogP contribution in [-0.4, -0.2) is 69.0 Å². The van der Waals surface area contributed by atoms with E-state index in [1.54, 1.807) is 6.26 Å². The molecule has 1 spiro atoms. The molecule has 0 radical (unpaired) electrons. The predicted molar refractivity (Wildman–Crippen MR) is 80.1 cm³/mol. The van der Waals surface area contributed by atoms with Crippen LogP contribution in [0.1, 0.15) is 12.2 Å². The maximum atomic E-state index is 6.20.